The van der Waals surface area contributed by atoms with Crippen LogP contribution in [-0.4, -0.2) is 16.3 Å². The van der Waals surface area contributed by atoms with Gasteiger partial charge in [-0.25, -0.2) is 0 Å². The van der Waals surface area contributed by atoms with Gasteiger partial charge in [0, 0.05) is 11.2 Å². The molecular weight excluding hydrogens is 156 g/mol. The summed E-state index contributed by atoms with van der Waals surface area (Å²) >= 11 is 1.97. The molecule has 0 radical (unpaired) electrons. The van der Waals surface area contributed by atoms with Crippen molar-refractivity contribution in [3.63, 3.8) is 0 Å². The summed E-state index contributed by atoms with van der Waals surface area (Å²) in [5, 5.41) is 1.28. The highest BCUT2D eigenvalue weighted by molar-refractivity contribution is 8.01. The zero-order valence-corrected chi connectivity index (χ0v) is 7.27. The van der Waals surface area contributed by atoms with Crippen LogP contribution >= 0.6 is 11.8 Å². The Balaban J connectivity index is 1.96. The molecule has 2 aliphatic heterocycles. The third-order valence-electron chi connectivity index (χ3n) is 3.39. The SMILES string of the molecule is O=C1C2CC3CC(C2)SC1C3. The summed E-state index contributed by atoms with van der Waals surface area (Å²) < 4.78 is 0. The molecule has 0 aromatic carbocycles. The average molecular weight is 168 g/mol. The first-order chi connectivity index (χ1) is 5.33. The lowest BCUT2D eigenvalue weighted by molar-refractivity contribution is -0.127. The molecule has 4 fully saturated rings. The molecule has 0 amide bonds. The molecule has 2 saturated carbocycles. The summed E-state index contributed by atoms with van der Waals surface area (Å²) in [6.07, 6.45) is 5.05. The third-order valence-corrected chi connectivity index (χ3v) is 4.91. The Morgan fingerprint density at radius 3 is 2.82 bits per heavy atom. The molecule has 4 unspecified atom stereocenters. The van der Waals surface area contributed by atoms with Crippen molar-refractivity contribution in [2.75, 3.05) is 0 Å². The molecule has 4 atom stereocenters. The van der Waals surface area contributed by atoms with E-state index < -0.39 is 0 Å². The van der Waals surface area contributed by atoms with Crippen molar-refractivity contribution in [3.05, 3.63) is 0 Å². The first-order valence-electron chi connectivity index (χ1n) is 4.52. The molecule has 0 aromatic heterocycles. The fourth-order valence-electron chi connectivity index (χ4n) is 2.95. The van der Waals surface area contributed by atoms with Gasteiger partial charge >= 0.3 is 0 Å². The van der Waals surface area contributed by atoms with E-state index in [1.807, 2.05) is 11.8 Å². The molecule has 4 rings (SSSR count). The highest BCUT2D eigenvalue weighted by Crippen LogP contribution is 2.52. The molecule has 0 spiro atoms. The number of hydrogen-bond donors (Lipinski definition) is 0. The van der Waals surface area contributed by atoms with Crippen molar-refractivity contribution < 1.29 is 4.79 Å². The monoisotopic (exact) mass is 168 g/mol. The first-order valence-corrected chi connectivity index (χ1v) is 5.46. The standard InChI is InChI=1S/C9H12OS/c10-9-6-1-5-2-7(4-6)11-8(9)3-5/h5-8H,1-4H2. The highest BCUT2D eigenvalue weighted by Gasteiger charge is 2.47. The first kappa shape index (κ1) is 6.53. The van der Waals surface area contributed by atoms with E-state index in [9.17, 15) is 4.79 Å². The van der Waals surface area contributed by atoms with Crippen LogP contribution in [0.5, 0.6) is 0 Å². The molecule has 0 aromatic rings. The van der Waals surface area contributed by atoms with Crippen LogP contribution in [0.2, 0.25) is 0 Å². The number of Topliss-reactive ketones (excluding diaryl/α,β-unsaturated/α-hetero) is 1. The largest absolute Gasteiger partial charge is 0.298 e. The number of ketones is 1. The van der Waals surface area contributed by atoms with E-state index in [1.165, 1.54) is 25.7 Å². The Morgan fingerprint density at radius 2 is 2.09 bits per heavy atom. The Bertz CT molecular complexity index is 182. The zero-order chi connectivity index (χ0) is 7.42. The fraction of sp³-hybridized carbons (Fsp3) is 0.889. The van der Waals surface area contributed by atoms with E-state index in [1.54, 1.807) is 0 Å². The van der Waals surface area contributed by atoms with Crippen LogP contribution in [-0.2, 0) is 4.79 Å². The number of carbonyl (C=O) groups excluding carboxylic acids is 1. The second kappa shape index (κ2) is 2.03. The normalized spacial score (nSPS) is 53.6. The molecule has 1 nitrogen and oxygen atoms in total. The summed E-state index contributed by atoms with van der Waals surface area (Å²) in [6.45, 7) is 0. The predicted molar refractivity (Wildman–Crippen MR) is 45.6 cm³/mol. The van der Waals surface area contributed by atoms with Crippen molar-refractivity contribution >= 4 is 17.5 Å². The van der Waals surface area contributed by atoms with E-state index in [4.69, 9.17) is 0 Å². The van der Waals surface area contributed by atoms with Gasteiger partial charge in [0.2, 0.25) is 0 Å². The van der Waals surface area contributed by atoms with Gasteiger partial charge in [-0.15, -0.1) is 11.8 Å². The summed E-state index contributed by atoms with van der Waals surface area (Å²) in [5.41, 5.74) is 0. The molecule has 2 aliphatic carbocycles. The van der Waals surface area contributed by atoms with Crippen LogP contribution in [0.4, 0.5) is 0 Å². The van der Waals surface area contributed by atoms with Crippen LogP contribution in [0.25, 0.3) is 0 Å². The Hall–Kier alpha value is 0.0200. The summed E-state index contributed by atoms with van der Waals surface area (Å²) in [6, 6.07) is 0. The van der Waals surface area contributed by atoms with Crippen molar-refractivity contribution in [2.24, 2.45) is 11.8 Å². The van der Waals surface area contributed by atoms with E-state index >= 15 is 0 Å². The van der Waals surface area contributed by atoms with Crippen LogP contribution in [0.3, 0.4) is 0 Å². The second-order valence-electron chi connectivity index (χ2n) is 4.15. The number of thioether (sulfide) groups is 1. The quantitative estimate of drug-likeness (QED) is 0.549. The number of hydrogen-bond acceptors (Lipinski definition) is 2. The maximum absolute atomic E-state index is 11.6. The lowest BCUT2D eigenvalue weighted by atomic mass is 9.70. The Morgan fingerprint density at radius 1 is 1.18 bits per heavy atom. The van der Waals surface area contributed by atoms with Crippen molar-refractivity contribution in [2.45, 2.75) is 36.2 Å². The van der Waals surface area contributed by atoms with Crippen LogP contribution in [0, 0.1) is 11.8 Å². The predicted octanol–water partition coefficient (Wildman–Crippen LogP) is 1.86. The van der Waals surface area contributed by atoms with Gasteiger partial charge in [0.05, 0.1) is 5.25 Å². The fourth-order valence-corrected chi connectivity index (χ4v) is 4.85. The molecular formula is C9H12OS. The molecule has 4 bridgehead atoms. The molecule has 2 heteroatoms. The van der Waals surface area contributed by atoms with Gasteiger partial charge in [-0.3, -0.25) is 4.79 Å². The van der Waals surface area contributed by atoms with Crippen LogP contribution in [0.15, 0.2) is 0 Å². The number of carbonyl (C=O) groups is 1. The third kappa shape index (κ3) is 0.821. The minimum Gasteiger partial charge on any atom is -0.298 e. The topological polar surface area (TPSA) is 17.1 Å². The Labute approximate surface area is 70.9 Å². The molecule has 11 heavy (non-hydrogen) atoms. The summed E-state index contributed by atoms with van der Waals surface area (Å²) in [7, 11) is 0. The Kier molecular flexibility index (Phi) is 1.21. The molecule has 2 heterocycles. The summed E-state index contributed by atoms with van der Waals surface area (Å²) in [4.78, 5) is 11.6. The van der Waals surface area contributed by atoms with Crippen molar-refractivity contribution in [1.82, 2.24) is 0 Å². The van der Waals surface area contributed by atoms with Crippen molar-refractivity contribution in [3.8, 4) is 0 Å². The number of rotatable bonds is 0. The molecule has 4 aliphatic rings. The minimum absolute atomic E-state index is 0.422. The second-order valence-corrected chi connectivity index (χ2v) is 5.66. The van der Waals surface area contributed by atoms with Crippen molar-refractivity contribution in [1.29, 1.82) is 0 Å². The highest BCUT2D eigenvalue weighted by atomic mass is 32.2. The van der Waals surface area contributed by atoms with Crippen LogP contribution in [0.1, 0.15) is 25.7 Å². The van der Waals surface area contributed by atoms with E-state index in [0.717, 1.165) is 11.2 Å². The zero-order valence-electron chi connectivity index (χ0n) is 6.45. The lowest BCUT2D eigenvalue weighted by Crippen LogP contribution is -2.47. The van der Waals surface area contributed by atoms with E-state index in [-0.39, 0.29) is 0 Å². The minimum atomic E-state index is 0.422. The van der Waals surface area contributed by atoms with Crippen LogP contribution < -0.4 is 0 Å². The lowest BCUT2D eigenvalue weighted by Gasteiger charge is -2.47. The molecule has 0 N–H and O–H groups in total. The molecule has 2 saturated heterocycles. The maximum atomic E-state index is 11.6. The van der Waals surface area contributed by atoms with Gasteiger partial charge in [0.1, 0.15) is 5.78 Å². The molecule has 60 valence electrons. The maximum Gasteiger partial charge on any atom is 0.148 e. The smallest absolute Gasteiger partial charge is 0.148 e. The van der Waals surface area contributed by atoms with E-state index in [0.29, 0.717) is 17.0 Å². The van der Waals surface area contributed by atoms with Gasteiger partial charge in [-0.1, -0.05) is 0 Å². The van der Waals surface area contributed by atoms with Gasteiger partial charge < -0.3 is 0 Å². The van der Waals surface area contributed by atoms with E-state index in [2.05, 4.69) is 0 Å². The average Bonchev–Trinajstić information content (AvgIpc) is 1.98. The van der Waals surface area contributed by atoms with Gasteiger partial charge in [0.25, 0.3) is 0 Å². The van der Waals surface area contributed by atoms with Gasteiger partial charge in [-0.05, 0) is 31.6 Å². The van der Waals surface area contributed by atoms with Gasteiger partial charge in [-0.2, -0.15) is 0 Å². The summed E-state index contributed by atoms with van der Waals surface area (Å²) in [5.74, 6) is 1.99. The van der Waals surface area contributed by atoms with Gasteiger partial charge in [0.15, 0.2) is 0 Å².